The lowest BCUT2D eigenvalue weighted by atomic mass is 9.55. The molecule has 0 saturated heterocycles. The molecule has 2 saturated carbocycles. The molecule has 0 aliphatic heterocycles. The van der Waals surface area contributed by atoms with Gasteiger partial charge in [0, 0.05) is 11.0 Å². The van der Waals surface area contributed by atoms with Crippen LogP contribution >= 0.6 is 0 Å². The van der Waals surface area contributed by atoms with Gasteiger partial charge in [-0.2, -0.15) is 0 Å². The van der Waals surface area contributed by atoms with E-state index in [2.05, 4.69) is 37.3 Å². The van der Waals surface area contributed by atoms with Crippen LogP contribution in [-0.4, -0.2) is 10.9 Å². The summed E-state index contributed by atoms with van der Waals surface area (Å²) >= 11 is 0. The van der Waals surface area contributed by atoms with Crippen molar-refractivity contribution in [3.8, 4) is 5.75 Å². The highest BCUT2D eigenvalue weighted by molar-refractivity contribution is 6.02. The Morgan fingerprint density at radius 2 is 2.00 bits per heavy atom. The first kappa shape index (κ1) is 18.5. The molecular weight excluding hydrogens is 360 g/mol. The molecule has 0 spiro atoms. The smallest absolute Gasteiger partial charge is 0.168 e. The van der Waals surface area contributed by atoms with E-state index in [9.17, 15) is 9.90 Å². The Balaban J connectivity index is 1.36. The fourth-order valence-electron chi connectivity index (χ4n) is 6.18. The first-order valence-electron chi connectivity index (χ1n) is 10.8. The standard InChI is InChI=1S/C26H28O3/c1-26-12-11-22-21-10-8-20(29-16-17-5-3-2-4-6-17)13-18(21)7-9-23(22)24(26)14-19(15-27)25(26)28/h2-6,8,10,13,15,22-24,27H,7,9,11-12,14,16H2,1H3/b19-15-/t22?,23?,24?,26-/m0/s1. The largest absolute Gasteiger partial charge is 0.515 e. The van der Waals surface area contributed by atoms with E-state index in [-0.39, 0.29) is 11.2 Å². The van der Waals surface area contributed by atoms with Crippen molar-refractivity contribution in [1.82, 2.24) is 0 Å². The average molecular weight is 389 g/mol. The molecule has 3 aliphatic carbocycles. The molecule has 3 heteroatoms. The molecule has 0 radical (unpaired) electrons. The Bertz CT molecular complexity index is 961. The Labute approximate surface area is 172 Å². The Hall–Kier alpha value is -2.55. The van der Waals surface area contributed by atoms with E-state index in [1.165, 1.54) is 16.7 Å². The van der Waals surface area contributed by atoms with E-state index in [1.54, 1.807) is 0 Å². The Morgan fingerprint density at radius 1 is 1.17 bits per heavy atom. The zero-order valence-corrected chi connectivity index (χ0v) is 16.9. The minimum Gasteiger partial charge on any atom is -0.515 e. The summed E-state index contributed by atoms with van der Waals surface area (Å²) in [5.41, 5.74) is 4.38. The molecule has 2 fully saturated rings. The predicted molar refractivity (Wildman–Crippen MR) is 113 cm³/mol. The molecule has 3 nitrogen and oxygen atoms in total. The molecule has 2 aromatic carbocycles. The van der Waals surface area contributed by atoms with Crippen LogP contribution in [0.1, 0.15) is 55.2 Å². The number of ketones is 1. The number of fused-ring (bicyclic) bond motifs is 5. The quantitative estimate of drug-likeness (QED) is 0.538. The van der Waals surface area contributed by atoms with E-state index in [0.717, 1.165) is 44.1 Å². The number of carbonyl (C=O) groups is 1. The maximum atomic E-state index is 12.8. The minimum atomic E-state index is -0.286. The molecule has 0 heterocycles. The number of allylic oxidation sites excluding steroid dienone is 1. The van der Waals surface area contributed by atoms with E-state index < -0.39 is 0 Å². The van der Waals surface area contributed by atoms with Crippen molar-refractivity contribution in [1.29, 1.82) is 0 Å². The Morgan fingerprint density at radius 3 is 2.79 bits per heavy atom. The first-order valence-corrected chi connectivity index (χ1v) is 10.8. The zero-order chi connectivity index (χ0) is 20.0. The number of benzene rings is 2. The first-order chi connectivity index (χ1) is 14.1. The number of Topliss-reactive ketones (excluding diaryl/α,β-unsaturated/α-hetero) is 1. The summed E-state index contributed by atoms with van der Waals surface area (Å²) < 4.78 is 6.04. The number of hydrogen-bond donors (Lipinski definition) is 1. The second kappa shape index (κ2) is 7.05. The molecule has 0 bridgehead atoms. The van der Waals surface area contributed by atoms with Crippen molar-refractivity contribution < 1.29 is 14.6 Å². The van der Waals surface area contributed by atoms with Crippen LogP contribution < -0.4 is 4.74 Å². The molecule has 29 heavy (non-hydrogen) atoms. The van der Waals surface area contributed by atoms with E-state index in [1.807, 2.05) is 18.2 Å². The van der Waals surface area contributed by atoms with Crippen LogP contribution in [0.4, 0.5) is 0 Å². The zero-order valence-electron chi connectivity index (χ0n) is 16.9. The van der Waals surface area contributed by atoms with Gasteiger partial charge in [-0.15, -0.1) is 0 Å². The summed E-state index contributed by atoms with van der Waals surface area (Å²) in [6.07, 6.45) is 5.93. The van der Waals surface area contributed by atoms with Crippen molar-refractivity contribution in [3.05, 3.63) is 77.1 Å². The highest BCUT2D eigenvalue weighted by Gasteiger charge is 2.56. The summed E-state index contributed by atoms with van der Waals surface area (Å²) in [7, 11) is 0. The third-order valence-corrected chi connectivity index (χ3v) is 7.74. The van der Waals surface area contributed by atoms with Gasteiger partial charge >= 0.3 is 0 Å². The van der Waals surface area contributed by atoms with Crippen molar-refractivity contribution >= 4 is 5.78 Å². The van der Waals surface area contributed by atoms with Gasteiger partial charge in [-0.3, -0.25) is 4.79 Å². The van der Waals surface area contributed by atoms with Gasteiger partial charge in [0.15, 0.2) is 5.78 Å². The van der Waals surface area contributed by atoms with E-state index >= 15 is 0 Å². The normalized spacial score (nSPS) is 31.8. The minimum absolute atomic E-state index is 0.180. The van der Waals surface area contributed by atoms with Gasteiger partial charge in [-0.25, -0.2) is 0 Å². The summed E-state index contributed by atoms with van der Waals surface area (Å²) in [4.78, 5) is 12.8. The molecular formula is C26H28O3. The van der Waals surface area contributed by atoms with Crippen molar-refractivity contribution in [2.75, 3.05) is 0 Å². The lowest BCUT2D eigenvalue weighted by molar-refractivity contribution is -0.127. The van der Waals surface area contributed by atoms with Gasteiger partial charge in [-0.1, -0.05) is 43.3 Å². The maximum Gasteiger partial charge on any atom is 0.168 e. The predicted octanol–water partition coefficient (Wildman–Crippen LogP) is 5.74. The number of rotatable bonds is 3. The molecule has 5 rings (SSSR count). The second-order valence-electron chi connectivity index (χ2n) is 9.19. The van der Waals surface area contributed by atoms with E-state index in [0.29, 0.717) is 29.9 Å². The molecule has 1 N–H and O–H groups in total. The average Bonchev–Trinajstić information content (AvgIpc) is 3.03. The SMILES string of the molecule is C[C@]12CCC3c4ccc(OCc5ccccc5)cc4CCC3C1C/C(=C/O)C2=O. The number of ether oxygens (including phenoxy) is 1. The summed E-state index contributed by atoms with van der Waals surface area (Å²) in [5, 5.41) is 9.52. The molecule has 150 valence electrons. The van der Waals surface area contributed by atoms with Crippen LogP contribution in [0.2, 0.25) is 0 Å². The number of aryl methyl sites for hydroxylation is 1. The van der Waals surface area contributed by atoms with Gasteiger partial charge in [0.25, 0.3) is 0 Å². The van der Waals surface area contributed by atoms with Gasteiger partial charge in [-0.05, 0) is 78.7 Å². The molecule has 2 aromatic rings. The van der Waals surface area contributed by atoms with Crippen LogP contribution in [0.5, 0.6) is 5.75 Å². The Kier molecular flexibility index (Phi) is 4.49. The molecule has 0 amide bonds. The number of aliphatic hydroxyl groups excluding tert-OH is 1. The molecule has 3 aliphatic rings. The lowest BCUT2D eigenvalue weighted by Crippen LogP contribution is -2.42. The maximum absolute atomic E-state index is 12.8. The molecule has 4 atom stereocenters. The van der Waals surface area contributed by atoms with Crippen LogP contribution in [-0.2, 0) is 17.8 Å². The van der Waals surface area contributed by atoms with Gasteiger partial charge in [0.05, 0.1) is 6.26 Å². The third-order valence-electron chi connectivity index (χ3n) is 7.74. The molecule has 3 unspecified atom stereocenters. The van der Waals surface area contributed by atoms with Crippen molar-refractivity contribution in [2.24, 2.45) is 17.3 Å². The van der Waals surface area contributed by atoms with Gasteiger partial charge in [0.2, 0.25) is 0 Å². The summed E-state index contributed by atoms with van der Waals surface area (Å²) in [5.74, 6) is 2.52. The summed E-state index contributed by atoms with van der Waals surface area (Å²) in [6, 6.07) is 16.8. The highest BCUT2D eigenvalue weighted by Crippen LogP contribution is 2.60. The van der Waals surface area contributed by atoms with E-state index in [4.69, 9.17) is 4.74 Å². The van der Waals surface area contributed by atoms with Crippen molar-refractivity contribution in [2.45, 2.75) is 51.6 Å². The highest BCUT2D eigenvalue weighted by atomic mass is 16.5. The third kappa shape index (κ3) is 2.99. The van der Waals surface area contributed by atoms with Gasteiger partial charge in [0.1, 0.15) is 12.4 Å². The van der Waals surface area contributed by atoms with Crippen LogP contribution in [0.3, 0.4) is 0 Å². The number of aliphatic hydroxyl groups is 1. The van der Waals surface area contributed by atoms with Crippen LogP contribution in [0.25, 0.3) is 0 Å². The number of carbonyl (C=O) groups excluding carboxylic acids is 1. The topological polar surface area (TPSA) is 46.5 Å². The fraction of sp³-hybridized carbons (Fsp3) is 0.423. The van der Waals surface area contributed by atoms with Crippen LogP contribution in [0.15, 0.2) is 60.4 Å². The fourth-order valence-corrected chi connectivity index (χ4v) is 6.18. The van der Waals surface area contributed by atoms with Gasteiger partial charge < -0.3 is 9.84 Å². The van der Waals surface area contributed by atoms with Crippen molar-refractivity contribution in [3.63, 3.8) is 0 Å². The molecule has 0 aromatic heterocycles. The number of hydrogen-bond acceptors (Lipinski definition) is 3. The second-order valence-corrected chi connectivity index (χ2v) is 9.19. The van der Waals surface area contributed by atoms with Crippen LogP contribution in [0, 0.1) is 17.3 Å². The lowest BCUT2D eigenvalue weighted by Gasteiger charge is -2.48. The summed E-state index contributed by atoms with van der Waals surface area (Å²) in [6.45, 7) is 2.72. The monoisotopic (exact) mass is 388 g/mol.